The molecular formula is C18H16ClNO5S. The van der Waals surface area contributed by atoms with Crippen molar-refractivity contribution < 1.29 is 23.1 Å². The van der Waals surface area contributed by atoms with Crippen molar-refractivity contribution in [2.75, 3.05) is 18.0 Å². The van der Waals surface area contributed by atoms with E-state index in [1.807, 2.05) is 0 Å². The molecule has 0 spiro atoms. The molecule has 2 aromatic rings. The molecule has 8 heteroatoms. The third-order valence-electron chi connectivity index (χ3n) is 4.11. The summed E-state index contributed by atoms with van der Waals surface area (Å²) in [6.07, 6.45) is 1.43. The molecule has 0 unspecified atom stereocenters. The van der Waals surface area contributed by atoms with E-state index in [0.717, 1.165) is 9.71 Å². The number of sulfonamides is 1. The Morgan fingerprint density at radius 1 is 1.31 bits per heavy atom. The first kappa shape index (κ1) is 18.3. The zero-order valence-electron chi connectivity index (χ0n) is 13.8. The number of carboxylic acid groups (broad SMARTS) is 1. The summed E-state index contributed by atoms with van der Waals surface area (Å²) in [5, 5.41) is 11.0. The highest BCUT2D eigenvalue weighted by Crippen LogP contribution is 2.43. The maximum atomic E-state index is 12.8. The maximum absolute atomic E-state index is 12.8. The van der Waals surface area contributed by atoms with Crippen LogP contribution in [-0.2, 0) is 14.8 Å². The molecule has 0 saturated heterocycles. The van der Waals surface area contributed by atoms with Gasteiger partial charge in [0.15, 0.2) is 0 Å². The SMILES string of the molecule is COc1cccc2c1[C@@H](C(=O)O)CN2S(=O)(=O)/C=C/c1cccc(Cl)c1. The van der Waals surface area contributed by atoms with E-state index in [1.54, 1.807) is 42.5 Å². The fourth-order valence-electron chi connectivity index (χ4n) is 2.92. The molecule has 0 saturated carbocycles. The lowest BCUT2D eigenvalue weighted by Crippen LogP contribution is -2.29. The van der Waals surface area contributed by atoms with Gasteiger partial charge in [0, 0.05) is 10.6 Å². The molecule has 0 aromatic heterocycles. The summed E-state index contributed by atoms with van der Waals surface area (Å²) in [7, 11) is -2.46. The number of aliphatic carboxylic acids is 1. The number of rotatable bonds is 5. The molecule has 0 fully saturated rings. The van der Waals surface area contributed by atoms with Gasteiger partial charge < -0.3 is 9.84 Å². The highest BCUT2D eigenvalue weighted by Gasteiger charge is 2.40. The lowest BCUT2D eigenvalue weighted by Gasteiger charge is -2.17. The quantitative estimate of drug-likeness (QED) is 0.842. The van der Waals surface area contributed by atoms with E-state index in [-0.39, 0.29) is 6.54 Å². The van der Waals surface area contributed by atoms with E-state index in [0.29, 0.717) is 27.6 Å². The van der Waals surface area contributed by atoms with Crippen molar-refractivity contribution in [2.45, 2.75) is 5.92 Å². The molecule has 0 amide bonds. The topological polar surface area (TPSA) is 83.9 Å². The summed E-state index contributed by atoms with van der Waals surface area (Å²) < 4.78 is 31.9. The van der Waals surface area contributed by atoms with Gasteiger partial charge in [0.2, 0.25) is 0 Å². The fourth-order valence-corrected chi connectivity index (χ4v) is 4.39. The van der Waals surface area contributed by atoms with Gasteiger partial charge in [0.25, 0.3) is 10.0 Å². The number of anilines is 1. The van der Waals surface area contributed by atoms with E-state index >= 15 is 0 Å². The van der Waals surface area contributed by atoms with Crippen molar-refractivity contribution in [2.24, 2.45) is 0 Å². The Morgan fingerprint density at radius 3 is 2.69 bits per heavy atom. The molecule has 0 radical (unpaired) electrons. The van der Waals surface area contributed by atoms with Gasteiger partial charge in [-0.05, 0) is 35.9 Å². The molecule has 3 rings (SSSR count). The zero-order valence-corrected chi connectivity index (χ0v) is 15.4. The number of methoxy groups -OCH3 is 1. The van der Waals surface area contributed by atoms with Gasteiger partial charge in [0.1, 0.15) is 11.7 Å². The summed E-state index contributed by atoms with van der Waals surface area (Å²) in [6, 6.07) is 11.6. The van der Waals surface area contributed by atoms with Gasteiger partial charge in [0.05, 0.1) is 24.7 Å². The summed E-state index contributed by atoms with van der Waals surface area (Å²) in [6.45, 7) is -0.187. The molecule has 0 bridgehead atoms. The standard InChI is InChI=1S/C18H16ClNO5S/c1-25-16-7-3-6-15-17(16)14(18(21)22)11-20(15)26(23,24)9-8-12-4-2-5-13(19)10-12/h2-10,14H,11H2,1H3,(H,21,22)/b9-8+/t14-/m0/s1. The first-order valence-corrected chi connectivity index (χ1v) is 9.57. The number of halogens is 1. The first-order chi connectivity index (χ1) is 12.3. The Hall–Kier alpha value is -2.51. The van der Waals surface area contributed by atoms with Crippen molar-refractivity contribution in [3.05, 3.63) is 64.0 Å². The smallest absolute Gasteiger partial charge is 0.313 e. The van der Waals surface area contributed by atoms with E-state index in [1.165, 1.54) is 13.2 Å². The second kappa shape index (κ2) is 7.01. The minimum atomic E-state index is -3.89. The maximum Gasteiger partial charge on any atom is 0.313 e. The molecule has 1 N–H and O–H groups in total. The molecule has 1 aliphatic rings. The van der Waals surface area contributed by atoms with Crippen LogP contribution in [0.1, 0.15) is 17.0 Å². The lowest BCUT2D eigenvalue weighted by atomic mass is 10.0. The minimum absolute atomic E-state index is 0.187. The van der Waals surface area contributed by atoms with Crippen molar-refractivity contribution in [1.29, 1.82) is 0 Å². The minimum Gasteiger partial charge on any atom is -0.496 e. The lowest BCUT2D eigenvalue weighted by molar-refractivity contribution is -0.138. The van der Waals surface area contributed by atoms with E-state index in [9.17, 15) is 18.3 Å². The van der Waals surface area contributed by atoms with Crippen LogP contribution in [0.25, 0.3) is 6.08 Å². The van der Waals surface area contributed by atoms with Crippen LogP contribution in [0.15, 0.2) is 47.9 Å². The zero-order chi connectivity index (χ0) is 18.9. The number of hydrogen-bond donors (Lipinski definition) is 1. The monoisotopic (exact) mass is 393 g/mol. The van der Waals surface area contributed by atoms with Gasteiger partial charge >= 0.3 is 5.97 Å². The number of nitrogens with zero attached hydrogens (tertiary/aromatic N) is 1. The molecular weight excluding hydrogens is 378 g/mol. The number of carbonyl (C=O) groups is 1. The number of ether oxygens (including phenoxy) is 1. The van der Waals surface area contributed by atoms with Crippen molar-refractivity contribution in [1.82, 2.24) is 0 Å². The molecule has 0 aliphatic carbocycles. The third kappa shape index (κ3) is 3.40. The van der Waals surface area contributed by atoms with E-state index < -0.39 is 21.9 Å². The van der Waals surface area contributed by atoms with Crippen molar-refractivity contribution in [3.63, 3.8) is 0 Å². The van der Waals surface area contributed by atoms with Crippen LogP contribution in [0.2, 0.25) is 5.02 Å². The summed E-state index contributed by atoms with van der Waals surface area (Å²) in [4.78, 5) is 11.6. The van der Waals surface area contributed by atoms with Crippen molar-refractivity contribution >= 4 is 39.4 Å². The number of fused-ring (bicyclic) bond motifs is 1. The molecule has 136 valence electrons. The normalized spacial score (nSPS) is 16.7. The summed E-state index contributed by atoms with van der Waals surface area (Å²) in [5.74, 6) is -1.74. The molecule has 2 aromatic carbocycles. The highest BCUT2D eigenvalue weighted by molar-refractivity contribution is 7.95. The Balaban J connectivity index is 2.01. The number of carboxylic acids is 1. The largest absolute Gasteiger partial charge is 0.496 e. The van der Waals surface area contributed by atoms with Crippen molar-refractivity contribution in [3.8, 4) is 5.75 Å². The van der Waals surface area contributed by atoms with Gasteiger partial charge in [-0.2, -0.15) is 0 Å². The average Bonchev–Trinajstić information content (AvgIpc) is 3.01. The Labute approximate surface area is 156 Å². The fraction of sp³-hybridized carbons (Fsp3) is 0.167. The second-order valence-electron chi connectivity index (χ2n) is 5.72. The van der Waals surface area contributed by atoms with E-state index in [2.05, 4.69) is 0 Å². The summed E-state index contributed by atoms with van der Waals surface area (Å²) in [5.41, 5.74) is 1.30. The van der Waals surface area contributed by atoms with Crippen LogP contribution in [-0.4, -0.2) is 33.1 Å². The van der Waals surface area contributed by atoms with Crippen LogP contribution in [0.5, 0.6) is 5.75 Å². The Kier molecular flexibility index (Phi) is 4.93. The Morgan fingerprint density at radius 2 is 2.04 bits per heavy atom. The predicted octanol–water partition coefficient (Wildman–Crippen LogP) is 3.34. The second-order valence-corrected chi connectivity index (χ2v) is 7.90. The molecule has 6 nitrogen and oxygen atoms in total. The molecule has 1 aliphatic heterocycles. The van der Waals surface area contributed by atoms with Crippen LogP contribution in [0.4, 0.5) is 5.69 Å². The first-order valence-electron chi connectivity index (χ1n) is 7.69. The molecule has 1 atom stereocenters. The van der Waals surface area contributed by atoms with Crippen LogP contribution < -0.4 is 9.04 Å². The molecule has 1 heterocycles. The van der Waals surface area contributed by atoms with Gasteiger partial charge in [-0.15, -0.1) is 0 Å². The predicted molar refractivity (Wildman–Crippen MR) is 100 cm³/mol. The molecule has 26 heavy (non-hydrogen) atoms. The Bertz CT molecular complexity index is 987. The number of hydrogen-bond acceptors (Lipinski definition) is 4. The van der Waals surface area contributed by atoms with Gasteiger partial charge in [-0.25, -0.2) is 8.42 Å². The van der Waals surface area contributed by atoms with Crippen LogP contribution in [0.3, 0.4) is 0 Å². The van der Waals surface area contributed by atoms with Gasteiger partial charge in [-0.3, -0.25) is 9.10 Å². The average molecular weight is 394 g/mol. The number of benzene rings is 2. The van der Waals surface area contributed by atoms with Crippen LogP contribution >= 0.6 is 11.6 Å². The highest BCUT2D eigenvalue weighted by atomic mass is 35.5. The van der Waals surface area contributed by atoms with E-state index in [4.69, 9.17) is 16.3 Å². The third-order valence-corrected chi connectivity index (χ3v) is 5.79. The van der Waals surface area contributed by atoms with Crippen LogP contribution in [0, 0.1) is 0 Å². The van der Waals surface area contributed by atoms with Gasteiger partial charge in [-0.1, -0.05) is 29.8 Å². The summed E-state index contributed by atoms with van der Waals surface area (Å²) >= 11 is 5.90.